The molecular formula is C73H116N16O20. The Kier molecular flexibility index (Phi) is 36.4. The maximum Gasteiger partial charge on any atom is 0.408 e. The Bertz CT molecular complexity index is 3370. The number of benzene rings is 1. The molecule has 109 heavy (non-hydrogen) atoms. The molecule has 18 atom stereocenters. The van der Waals surface area contributed by atoms with E-state index in [2.05, 4.69) is 68.4 Å². The number of nitrogens with one attached hydrogen (secondary N) is 11. The smallest absolute Gasteiger partial charge is 0.408 e. The van der Waals surface area contributed by atoms with E-state index in [1.807, 2.05) is 0 Å². The Balaban J connectivity index is 1.71. The molecule has 0 bridgehead atoms. The summed E-state index contributed by atoms with van der Waals surface area (Å²) in [5, 5.41) is 73.3. The number of carbonyl (C=O) groups is 13. The summed E-state index contributed by atoms with van der Waals surface area (Å²) in [5.41, 5.74) is 16.7. The van der Waals surface area contributed by atoms with Crippen LogP contribution < -0.4 is 75.7 Å². The number of hydrogen-bond acceptors (Lipinski definition) is 23. The average molecular weight is 1540 g/mol. The topological polar surface area (TPSA) is 557 Å². The quantitative estimate of drug-likeness (QED) is 0.0173. The second-order valence-electron chi connectivity index (χ2n) is 29.5. The minimum absolute atomic E-state index is 0.0267. The Morgan fingerprint density at radius 2 is 1.36 bits per heavy atom. The molecule has 1 aromatic rings. The number of cyclic esters (lactones) is 1. The van der Waals surface area contributed by atoms with Crippen LogP contribution in [0.5, 0.6) is 0 Å². The highest BCUT2D eigenvalue weighted by Gasteiger charge is 2.62. The molecule has 2 heterocycles. The molecule has 1 aromatic carbocycles. The number of rotatable bonds is 27. The van der Waals surface area contributed by atoms with Gasteiger partial charge in [-0.15, -0.1) is 0 Å². The molecular weight excluding hydrogens is 1420 g/mol. The fourth-order valence-electron chi connectivity index (χ4n) is 13.1. The van der Waals surface area contributed by atoms with Gasteiger partial charge in [0.1, 0.15) is 60.9 Å². The highest BCUT2D eigenvalue weighted by atomic mass is 16.6. The maximum absolute atomic E-state index is 16.2. The first kappa shape index (κ1) is 90.4. The molecule has 5 rings (SSSR count). The Labute approximate surface area is 635 Å². The van der Waals surface area contributed by atoms with Crippen LogP contribution in [-0.2, 0) is 78.4 Å². The molecule has 1 saturated carbocycles. The number of carbonyl (C=O) groups excluding carboxylic acids is 13. The molecule has 2 saturated heterocycles. The van der Waals surface area contributed by atoms with Crippen molar-refractivity contribution in [3.05, 3.63) is 60.2 Å². The zero-order valence-electron chi connectivity index (χ0n) is 63.9. The molecule has 3 unspecified atom stereocenters. The number of Topliss-reactive ketones (excluding diaryl/α,β-unsaturated/α-hetero) is 1. The predicted octanol–water partition coefficient (Wildman–Crippen LogP) is -3.96. The van der Waals surface area contributed by atoms with Crippen molar-refractivity contribution in [3.63, 3.8) is 0 Å². The van der Waals surface area contributed by atoms with E-state index in [-0.39, 0.29) is 76.5 Å². The van der Waals surface area contributed by atoms with Gasteiger partial charge < -0.3 is 110 Å². The van der Waals surface area contributed by atoms with E-state index in [1.54, 1.807) is 84.0 Å². The third-order valence-corrected chi connectivity index (χ3v) is 19.6. The zero-order valence-corrected chi connectivity index (χ0v) is 63.9. The van der Waals surface area contributed by atoms with E-state index in [4.69, 9.17) is 31.4 Å². The third-order valence-electron chi connectivity index (χ3n) is 19.6. The number of allylic oxidation sites excluding steroid dienone is 3. The van der Waals surface area contributed by atoms with Gasteiger partial charge in [-0.2, -0.15) is 0 Å². The van der Waals surface area contributed by atoms with Crippen molar-refractivity contribution in [1.82, 2.24) is 63.4 Å². The monoisotopic (exact) mass is 1540 g/mol. The minimum atomic E-state index is -2.59. The molecule has 11 amide bonds. The standard InChI is InChI=1S/C73H116N16O20/c1-11-41(8)53-66(101)87-54(43(10)91)65(100)79-35-51(92)85-56(58(94)69(104)77-26-19-27-89-28-30-107-31-29-89)68(103)83-50(36-90)70(105)109-59(45-22-16-13-17-23-45)52(73(76)42(9)34-47(60(73)95)81-63(98)49(33-39(4)5)84-72(106)108-37-44-20-14-12-15-21-44)64(99)88-55(57(93)40(6)7)67(102)82-48(32-38(2)3)62(97)80-46(61(96)86-53)24-18-25-78-71(74)75/h12-17,20-22,38-43,45-50,52-59,90-91,93-94H,11,18-19,23-37,76H2,1-10H3,(H,77,104)(H,79,100)(H,80,97)(H,81,98)(H,82,102)(H,83,103)(H,84,106)(H,85,92)(H,86,96)(H,87,101)(H,88,99)(H4,74,75,78)/t41-,42?,43-,45?,46+,47-,48-,49+,50-,52-,53-,54-,55-,56-,57+,58-,59+,73?/m0/s1. The number of nitrogens with two attached hydrogens (primary N) is 3. The van der Waals surface area contributed by atoms with Gasteiger partial charge in [0, 0.05) is 32.1 Å². The molecule has 0 aromatic heterocycles. The number of nitrogens with zero attached hydrogens (tertiary/aromatic N) is 2. The van der Waals surface area contributed by atoms with Crippen molar-refractivity contribution in [2.75, 3.05) is 59.1 Å². The zero-order chi connectivity index (χ0) is 81.0. The van der Waals surface area contributed by atoms with E-state index >= 15 is 19.2 Å². The number of morpholine rings is 1. The minimum Gasteiger partial charge on any atom is -0.459 e. The number of ether oxygens (including phenoxy) is 3. The summed E-state index contributed by atoms with van der Waals surface area (Å²) in [5.74, 6) is -21.4. The number of aliphatic hydroxyl groups is 4. The average Bonchev–Trinajstić information content (AvgIpc) is 1.50. The van der Waals surface area contributed by atoms with Crippen LogP contribution in [0.25, 0.3) is 0 Å². The van der Waals surface area contributed by atoms with Crippen LogP contribution in [-0.4, -0.2) is 252 Å². The van der Waals surface area contributed by atoms with E-state index < -0.39 is 210 Å². The van der Waals surface area contributed by atoms with Gasteiger partial charge >= 0.3 is 12.1 Å². The van der Waals surface area contributed by atoms with Crippen LogP contribution in [0.1, 0.15) is 126 Å². The van der Waals surface area contributed by atoms with Gasteiger partial charge in [-0.25, -0.2) is 9.59 Å². The molecule has 21 N–H and O–H groups in total. The van der Waals surface area contributed by atoms with Crippen molar-refractivity contribution >= 4 is 82.9 Å². The highest BCUT2D eigenvalue weighted by Crippen LogP contribution is 2.42. The first-order valence-corrected chi connectivity index (χ1v) is 37.3. The van der Waals surface area contributed by atoms with Gasteiger partial charge in [-0.3, -0.25) is 62.6 Å². The molecule has 36 nitrogen and oxygen atoms in total. The molecule has 2 aliphatic heterocycles. The summed E-state index contributed by atoms with van der Waals surface area (Å²) in [4.78, 5) is 197. The number of hydrogen-bond donors (Lipinski definition) is 18. The van der Waals surface area contributed by atoms with Gasteiger partial charge in [-0.1, -0.05) is 123 Å². The van der Waals surface area contributed by atoms with E-state index in [1.165, 1.54) is 32.9 Å². The third kappa shape index (κ3) is 27.1. The van der Waals surface area contributed by atoms with E-state index in [0.717, 1.165) is 6.92 Å². The number of amides is 11. The van der Waals surface area contributed by atoms with Gasteiger partial charge in [0.2, 0.25) is 53.2 Å². The van der Waals surface area contributed by atoms with E-state index in [9.17, 15) is 63.6 Å². The van der Waals surface area contributed by atoms with Gasteiger partial charge in [0.15, 0.2) is 23.9 Å². The summed E-state index contributed by atoms with van der Waals surface area (Å²) in [7, 11) is 0. The number of aliphatic imine (C=N–C) groups is 1. The second kappa shape index (κ2) is 43.9. The normalized spacial score (nSPS) is 27.8. The summed E-state index contributed by atoms with van der Waals surface area (Å²) >= 11 is 0. The first-order valence-electron chi connectivity index (χ1n) is 37.3. The summed E-state index contributed by atoms with van der Waals surface area (Å²) in [6.45, 7) is 15.7. The number of ketones is 1. The number of guanidine groups is 1. The van der Waals surface area contributed by atoms with Crippen LogP contribution in [0.4, 0.5) is 4.79 Å². The number of alkyl carbamates (subject to hydrolysis) is 1. The molecule has 2 aliphatic carbocycles. The fourth-order valence-corrected chi connectivity index (χ4v) is 13.1. The largest absolute Gasteiger partial charge is 0.459 e. The first-order chi connectivity index (χ1) is 51.5. The molecule has 36 heteroatoms. The lowest BCUT2D eigenvalue weighted by molar-refractivity contribution is -0.166. The van der Waals surface area contributed by atoms with Crippen LogP contribution in [0, 0.1) is 41.4 Å². The molecule has 0 spiro atoms. The predicted molar refractivity (Wildman–Crippen MR) is 396 cm³/mol. The van der Waals surface area contributed by atoms with E-state index in [0.29, 0.717) is 44.8 Å². The summed E-state index contributed by atoms with van der Waals surface area (Å²) in [6.07, 6.45) is -3.04. The second-order valence-corrected chi connectivity index (χ2v) is 29.5. The Morgan fingerprint density at radius 3 is 1.96 bits per heavy atom. The summed E-state index contributed by atoms with van der Waals surface area (Å²) < 4.78 is 17.1. The maximum atomic E-state index is 16.2. The van der Waals surface area contributed by atoms with Crippen LogP contribution >= 0.6 is 0 Å². The highest BCUT2D eigenvalue weighted by molar-refractivity contribution is 6.04. The van der Waals surface area contributed by atoms with Crippen molar-refractivity contribution in [3.8, 4) is 0 Å². The Hall–Kier alpha value is -9.20. The van der Waals surface area contributed by atoms with Gasteiger partial charge in [0.25, 0.3) is 5.91 Å². The van der Waals surface area contributed by atoms with Crippen molar-refractivity contribution in [2.24, 2.45) is 63.6 Å². The molecule has 608 valence electrons. The van der Waals surface area contributed by atoms with Crippen molar-refractivity contribution < 1.29 is 97.0 Å². The SMILES string of the molecule is CC[C@H](C)[C@@H]1NC(=O)[C@@H](CCCN=C(N)N)NC(=O)[C@H](CC(C)C)NC(=O)[C@H]([C@H](O)C(C)C)NC(=O)[C@@H](C2(N)C(=O)[C@@H](NC(=O)[C@@H](CC(C)C)NC(=O)OCc3ccccc3)CC2C)[C@@H](C2C=CC=CC2)OC(=O)[C@H](CO)NC(=O)[C@H]([C@H](O)C(=O)NCCCN2CCOCC2)NC(=O)CNC(=O)[C@H]([C@H](C)O)NC1=O. The summed E-state index contributed by atoms with van der Waals surface area (Å²) in [6, 6.07) is -7.44. The number of aliphatic hydroxyl groups excluding tert-OH is 4. The van der Waals surface area contributed by atoms with Crippen molar-refractivity contribution in [2.45, 2.75) is 212 Å². The fraction of sp³-hybridized carbons (Fsp3) is 0.671. The van der Waals surface area contributed by atoms with Crippen molar-refractivity contribution in [1.29, 1.82) is 0 Å². The lowest BCUT2D eigenvalue weighted by Gasteiger charge is -2.42. The van der Waals surface area contributed by atoms with Gasteiger partial charge in [-0.05, 0) is 93.6 Å². The molecule has 3 fully saturated rings. The van der Waals surface area contributed by atoms with Gasteiger partial charge in [0.05, 0.1) is 50.2 Å². The van der Waals surface area contributed by atoms with Crippen LogP contribution in [0.2, 0.25) is 0 Å². The van der Waals surface area contributed by atoms with Crippen LogP contribution in [0.15, 0.2) is 59.6 Å². The molecule has 0 radical (unpaired) electrons. The lowest BCUT2D eigenvalue weighted by atomic mass is 9.69. The molecule has 4 aliphatic rings. The Morgan fingerprint density at radius 1 is 0.734 bits per heavy atom. The number of esters is 1. The lowest BCUT2D eigenvalue weighted by Crippen LogP contribution is -2.68. The van der Waals surface area contributed by atoms with Crippen LogP contribution in [0.3, 0.4) is 0 Å².